The number of H-pyrrole nitrogens is 1. The fourth-order valence-electron chi connectivity index (χ4n) is 3.66. The number of sulfonamides is 1. The predicted molar refractivity (Wildman–Crippen MR) is 114 cm³/mol. The van der Waals surface area contributed by atoms with Gasteiger partial charge in [-0.3, -0.25) is 0 Å². The van der Waals surface area contributed by atoms with E-state index in [9.17, 15) is 8.42 Å². The third-order valence-corrected chi connectivity index (χ3v) is 5.88. The Labute approximate surface area is 170 Å². The molecule has 0 radical (unpaired) electrons. The Balaban J connectivity index is 1.55. The molecule has 29 heavy (non-hydrogen) atoms. The third kappa shape index (κ3) is 4.95. The third-order valence-electron chi connectivity index (χ3n) is 5.21. The average Bonchev–Trinajstić information content (AvgIpc) is 3.16. The second-order valence-electron chi connectivity index (χ2n) is 7.55. The normalized spacial score (nSPS) is 17.5. The van der Waals surface area contributed by atoms with Gasteiger partial charge in [0, 0.05) is 37.0 Å². The number of piperidine rings is 1. The van der Waals surface area contributed by atoms with Gasteiger partial charge in [0.25, 0.3) is 0 Å². The zero-order chi connectivity index (χ0) is 20.3. The van der Waals surface area contributed by atoms with E-state index in [4.69, 9.17) is 4.74 Å². The highest BCUT2D eigenvalue weighted by Gasteiger charge is 2.17. The van der Waals surface area contributed by atoms with Crippen LogP contribution in [0.4, 0.5) is 0 Å². The summed E-state index contributed by atoms with van der Waals surface area (Å²) in [6.07, 6.45) is 7.23. The highest BCUT2D eigenvalue weighted by molar-refractivity contribution is 7.88. The van der Waals surface area contributed by atoms with Gasteiger partial charge in [-0.25, -0.2) is 18.1 Å². The quantitative estimate of drug-likeness (QED) is 0.552. The van der Waals surface area contributed by atoms with Crippen molar-refractivity contribution in [2.24, 2.45) is 5.92 Å². The van der Waals surface area contributed by atoms with E-state index in [2.05, 4.69) is 20.0 Å². The van der Waals surface area contributed by atoms with Crippen molar-refractivity contribution < 1.29 is 13.2 Å². The molecule has 0 spiro atoms. The van der Waals surface area contributed by atoms with Gasteiger partial charge in [0.05, 0.1) is 18.2 Å². The maximum Gasteiger partial charge on any atom is 0.209 e. The topological polar surface area (TPSA) is 96.1 Å². The zero-order valence-electron chi connectivity index (χ0n) is 16.4. The number of fused-ring (bicyclic) bond motifs is 1. The summed E-state index contributed by atoms with van der Waals surface area (Å²) in [5, 5.41) is 4.39. The molecule has 1 aliphatic rings. The van der Waals surface area contributed by atoms with E-state index in [1.165, 1.54) is 12.8 Å². The van der Waals surface area contributed by atoms with Gasteiger partial charge in [0.2, 0.25) is 10.0 Å². The molecule has 1 aromatic carbocycles. The van der Waals surface area contributed by atoms with Crippen LogP contribution in [0.5, 0.6) is 5.75 Å². The summed E-state index contributed by atoms with van der Waals surface area (Å²) >= 11 is 0. The summed E-state index contributed by atoms with van der Waals surface area (Å²) in [4.78, 5) is 7.66. The lowest BCUT2D eigenvalue weighted by molar-refractivity contribution is 0.220. The van der Waals surface area contributed by atoms with Gasteiger partial charge in [-0.1, -0.05) is 24.3 Å². The molecule has 0 amide bonds. The van der Waals surface area contributed by atoms with Gasteiger partial charge in [-0.05, 0) is 36.6 Å². The van der Waals surface area contributed by atoms with Crippen LogP contribution in [0.25, 0.3) is 22.2 Å². The molecule has 1 saturated heterocycles. The molecule has 1 aliphatic heterocycles. The second-order valence-corrected chi connectivity index (χ2v) is 9.38. The lowest BCUT2D eigenvalue weighted by Crippen LogP contribution is -2.33. The fraction of sp³-hybridized carbons (Fsp3) is 0.381. The molecular weight excluding hydrogens is 388 g/mol. The van der Waals surface area contributed by atoms with Gasteiger partial charge in [-0.15, -0.1) is 0 Å². The van der Waals surface area contributed by atoms with Crippen LogP contribution in [0, 0.1) is 5.92 Å². The molecule has 1 fully saturated rings. The maximum absolute atomic E-state index is 11.3. The first-order chi connectivity index (χ1) is 14.0. The van der Waals surface area contributed by atoms with Crippen molar-refractivity contribution in [3.05, 3.63) is 48.3 Å². The van der Waals surface area contributed by atoms with Crippen LogP contribution in [0.3, 0.4) is 0 Å². The summed E-state index contributed by atoms with van der Waals surface area (Å²) in [6, 6.07) is 9.75. The Morgan fingerprint density at radius 1 is 1.24 bits per heavy atom. The molecule has 3 N–H and O–H groups in total. The van der Waals surface area contributed by atoms with Gasteiger partial charge in [0.1, 0.15) is 11.4 Å². The Morgan fingerprint density at radius 2 is 2.07 bits per heavy atom. The van der Waals surface area contributed by atoms with Crippen LogP contribution in [-0.2, 0) is 16.6 Å². The van der Waals surface area contributed by atoms with E-state index in [-0.39, 0.29) is 6.54 Å². The molecule has 3 aromatic rings. The first-order valence-corrected chi connectivity index (χ1v) is 11.7. The number of ether oxygens (including phenoxy) is 1. The van der Waals surface area contributed by atoms with Crippen molar-refractivity contribution in [3.63, 3.8) is 0 Å². The summed E-state index contributed by atoms with van der Waals surface area (Å²) in [5.74, 6) is 1.36. The van der Waals surface area contributed by atoms with E-state index in [0.717, 1.165) is 52.8 Å². The van der Waals surface area contributed by atoms with Crippen molar-refractivity contribution in [1.82, 2.24) is 20.0 Å². The molecular formula is C21H26N4O3S. The summed E-state index contributed by atoms with van der Waals surface area (Å²) in [6.45, 7) is 3.05. The number of pyridine rings is 1. The first kappa shape index (κ1) is 19.9. The molecule has 7 nitrogen and oxygen atoms in total. The minimum absolute atomic E-state index is 0.276. The Kier molecular flexibility index (Phi) is 5.84. The smallest absolute Gasteiger partial charge is 0.209 e. The van der Waals surface area contributed by atoms with Crippen LogP contribution in [0.2, 0.25) is 0 Å². The number of aromatic nitrogens is 2. The molecule has 0 unspecified atom stereocenters. The van der Waals surface area contributed by atoms with Crippen LogP contribution in [0.15, 0.2) is 42.7 Å². The second kappa shape index (κ2) is 8.52. The monoisotopic (exact) mass is 414 g/mol. The number of aromatic amines is 1. The van der Waals surface area contributed by atoms with E-state index < -0.39 is 10.0 Å². The van der Waals surface area contributed by atoms with Crippen LogP contribution in [0.1, 0.15) is 18.4 Å². The lowest BCUT2D eigenvalue weighted by atomic mass is 10.0. The SMILES string of the molecule is CS(=O)(=O)NCc1ccc(-c2c[nH]c3nccc(OC[C@H]4CCCNC4)c23)cc1. The molecule has 2 aromatic heterocycles. The number of hydrogen-bond acceptors (Lipinski definition) is 5. The van der Waals surface area contributed by atoms with Crippen LogP contribution < -0.4 is 14.8 Å². The lowest BCUT2D eigenvalue weighted by Gasteiger charge is -2.23. The van der Waals surface area contributed by atoms with E-state index in [0.29, 0.717) is 12.5 Å². The van der Waals surface area contributed by atoms with Gasteiger partial charge < -0.3 is 15.0 Å². The van der Waals surface area contributed by atoms with Crippen molar-refractivity contribution in [3.8, 4) is 16.9 Å². The van der Waals surface area contributed by atoms with Gasteiger partial charge >= 0.3 is 0 Å². The summed E-state index contributed by atoms with van der Waals surface area (Å²) in [7, 11) is -3.21. The summed E-state index contributed by atoms with van der Waals surface area (Å²) in [5.41, 5.74) is 3.74. The van der Waals surface area contributed by atoms with Crippen LogP contribution in [-0.4, -0.2) is 44.3 Å². The zero-order valence-corrected chi connectivity index (χ0v) is 17.3. The fourth-order valence-corrected chi connectivity index (χ4v) is 4.09. The van der Waals surface area contributed by atoms with Crippen molar-refractivity contribution in [1.29, 1.82) is 0 Å². The molecule has 4 rings (SSSR count). The number of nitrogens with zero attached hydrogens (tertiary/aromatic N) is 1. The number of benzene rings is 1. The Hall–Kier alpha value is -2.42. The van der Waals surface area contributed by atoms with E-state index >= 15 is 0 Å². The van der Waals surface area contributed by atoms with Crippen molar-refractivity contribution in [2.75, 3.05) is 26.0 Å². The Morgan fingerprint density at radius 3 is 2.79 bits per heavy atom. The Bertz CT molecular complexity index is 1070. The number of nitrogens with one attached hydrogen (secondary N) is 3. The summed E-state index contributed by atoms with van der Waals surface area (Å²) < 4.78 is 31.3. The standard InChI is InChI=1S/C21H26N4O3S/c1-29(26,27)25-12-15-4-6-17(7-5-15)18-13-24-21-20(18)19(8-10-23-21)28-14-16-3-2-9-22-11-16/h4-8,10,13,16,22,25H,2-3,9,11-12,14H2,1H3,(H,23,24)/t16-/m0/s1. The number of rotatable bonds is 7. The van der Waals surface area contributed by atoms with Crippen LogP contribution >= 0.6 is 0 Å². The van der Waals surface area contributed by atoms with Crippen molar-refractivity contribution in [2.45, 2.75) is 19.4 Å². The average molecular weight is 415 g/mol. The molecule has 1 atom stereocenters. The minimum Gasteiger partial charge on any atom is -0.492 e. The molecule has 3 heterocycles. The highest BCUT2D eigenvalue weighted by atomic mass is 32.2. The van der Waals surface area contributed by atoms with E-state index in [1.54, 1.807) is 6.20 Å². The number of hydrogen-bond donors (Lipinski definition) is 3. The van der Waals surface area contributed by atoms with Gasteiger partial charge in [0.15, 0.2) is 0 Å². The molecule has 0 aliphatic carbocycles. The largest absolute Gasteiger partial charge is 0.492 e. The maximum atomic E-state index is 11.3. The molecule has 0 saturated carbocycles. The highest BCUT2D eigenvalue weighted by Crippen LogP contribution is 2.34. The first-order valence-electron chi connectivity index (χ1n) is 9.83. The minimum atomic E-state index is -3.21. The van der Waals surface area contributed by atoms with E-state index in [1.807, 2.05) is 36.5 Å². The predicted octanol–water partition coefficient (Wildman–Crippen LogP) is 2.66. The van der Waals surface area contributed by atoms with Gasteiger partial charge in [-0.2, -0.15) is 0 Å². The van der Waals surface area contributed by atoms with Crippen molar-refractivity contribution >= 4 is 21.1 Å². The molecule has 154 valence electrons. The molecule has 0 bridgehead atoms. The molecule has 8 heteroatoms.